The first-order valence-electron chi connectivity index (χ1n) is 4.73. The Kier molecular flexibility index (Phi) is 3.98. The fourth-order valence-corrected chi connectivity index (χ4v) is 1.74. The topological polar surface area (TPSA) is 26.7 Å². The van der Waals surface area contributed by atoms with Gasteiger partial charge >= 0.3 is 0 Å². The number of aliphatic hydroxyl groups excluding tert-OH is 1. The molecule has 72 valence electrons. The van der Waals surface area contributed by atoms with Crippen LogP contribution in [0.2, 0.25) is 0 Å². The molecule has 0 unspecified atom stereocenters. The summed E-state index contributed by atoms with van der Waals surface area (Å²) >= 11 is 0. The molecular weight excluding hydrogens is 152 g/mol. The van der Waals surface area contributed by atoms with Gasteiger partial charge in [0.05, 0.1) is 0 Å². The molecule has 0 aromatic heterocycles. The molecule has 3 heteroatoms. The third-order valence-electron chi connectivity index (χ3n) is 2.68. The summed E-state index contributed by atoms with van der Waals surface area (Å²) in [6.45, 7) is 3.81. The minimum absolute atomic E-state index is 0.327. The van der Waals surface area contributed by atoms with Crippen LogP contribution in [0.5, 0.6) is 0 Å². The fourth-order valence-electron chi connectivity index (χ4n) is 1.74. The monoisotopic (exact) mass is 172 g/mol. The summed E-state index contributed by atoms with van der Waals surface area (Å²) < 4.78 is 0. The van der Waals surface area contributed by atoms with Gasteiger partial charge in [0.15, 0.2) is 0 Å². The van der Waals surface area contributed by atoms with Gasteiger partial charge in [0, 0.05) is 32.3 Å². The van der Waals surface area contributed by atoms with Crippen molar-refractivity contribution in [2.45, 2.75) is 18.9 Å². The molecule has 1 aliphatic heterocycles. The molecule has 0 aliphatic carbocycles. The van der Waals surface area contributed by atoms with E-state index >= 15 is 0 Å². The Bertz CT molecular complexity index is 130. The number of nitrogens with zero attached hydrogens (tertiary/aromatic N) is 2. The van der Waals surface area contributed by atoms with E-state index in [4.69, 9.17) is 5.11 Å². The maximum absolute atomic E-state index is 8.72. The van der Waals surface area contributed by atoms with Gasteiger partial charge in [-0.05, 0) is 26.9 Å². The predicted octanol–water partition coefficient (Wildman–Crippen LogP) is 0.00470. The smallest absolute Gasteiger partial charge is 0.0431 e. The first-order chi connectivity index (χ1) is 5.74. The Balaban J connectivity index is 2.28. The van der Waals surface area contributed by atoms with Crippen molar-refractivity contribution >= 4 is 0 Å². The second-order valence-corrected chi connectivity index (χ2v) is 3.76. The van der Waals surface area contributed by atoms with Crippen LogP contribution in [-0.4, -0.2) is 61.3 Å². The van der Waals surface area contributed by atoms with Crippen LogP contribution in [0.1, 0.15) is 12.8 Å². The zero-order valence-corrected chi connectivity index (χ0v) is 8.16. The number of piperazine rings is 1. The van der Waals surface area contributed by atoms with Crippen LogP contribution in [-0.2, 0) is 0 Å². The van der Waals surface area contributed by atoms with Crippen molar-refractivity contribution in [1.82, 2.24) is 9.80 Å². The lowest BCUT2D eigenvalue weighted by Gasteiger charge is -2.37. The van der Waals surface area contributed by atoms with Gasteiger partial charge in [-0.2, -0.15) is 0 Å². The van der Waals surface area contributed by atoms with Crippen LogP contribution in [0, 0.1) is 0 Å². The number of rotatable bonds is 3. The highest BCUT2D eigenvalue weighted by molar-refractivity contribution is 4.77. The quantitative estimate of drug-likeness (QED) is 0.649. The molecule has 1 aliphatic rings. The Labute approximate surface area is 75.0 Å². The van der Waals surface area contributed by atoms with Crippen molar-refractivity contribution in [1.29, 1.82) is 0 Å². The summed E-state index contributed by atoms with van der Waals surface area (Å²) in [7, 11) is 4.34. The third-order valence-corrected chi connectivity index (χ3v) is 2.68. The molecule has 1 saturated heterocycles. The number of hydrogen-bond donors (Lipinski definition) is 1. The third kappa shape index (κ3) is 2.73. The van der Waals surface area contributed by atoms with Gasteiger partial charge in [0.1, 0.15) is 0 Å². The lowest BCUT2D eigenvalue weighted by molar-refractivity contribution is 0.103. The molecule has 0 aromatic carbocycles. The molecule has 0 bridgehead atoms. The van der Waals surface area contributed by atoms with Gasteiger partial charge in [-0.3, -0.25) is 0 Å². The van der Waals surface area contributed by atoms with E-state index in [1.807, 2.05) is 0 Å². The largest absolute Gasteiger partial charge is 0.396 e. The van der Waals surface area contributed by atoms with E-state index in [9.17, 15) is 0 Å². The highest BCUT2D eigenvalue weighted by Crippen LogP contribution is 2.10. The SMILES string of the molecule is CN1CCN(C)[C@H](CCCO)C1. The summed E-state index contributed by atoms with van der Waals surface area (Å²) in [5.41, 5.74) is 0. The van der Waals surface area contributed by atoms with Gasteiger partial charge in [0.2, 0.25) is 0 Å². The summed E-state index contributed by atoms with van der Waals surface area (Å²) in [5, 5.41) is 8.72. The van der Waals surface area contributed by atoms with Crippen LogP contribution >= 0.6 is 0 Å². The van der Waals surface area contributed by atoms with Crippen LogP contribution in [0.3, 0.4) is 0 Å². The van der Waals surface area contributed by atoms with E-state index in [-0.39, 0.29) is 0 Å². The van der Waals surface area contributed by atoms with Crippen LogP contribution < -0.4 is 0 Å². The van der Waals surface area contributed by atoms with Crippen molar-refractivity contribution in [3.63, 3.8) is 0 Å². The van der Waals surface area contributed by atoms with Gasteiger partial charge in [0.25, 0.3) is 0 Å². The standard InChI is InChI=1S/C9H20N2O/c1-10-5-6-11(2)9(8-10)4-3-7-12/h9,12H,3-8H2,1-2H3/t9-/m1/s1. The summed E-state index contributed by atoms with van der Waals surface area (Å²) in [6.07, 6.45) is 2.06. The van der Waals surface area contributed by atoms with E-state index in [1.54, 1.807) is 0 Å². The fraction of sp³-hybridized carbons (Fsp3) is 1.00. The molecule has 0 aromatic rings. The van der Waals surface area contributed by atoms with Crippen LogP contribution in [0.15, 0.2) is 0 Å². The summed E-state index contributed by atoms with van der Waals surface area (Å²) in [6, 6.07) is 0.649. The van der Waals surface area contributed by atoms with Crippen LogP contribution in [0.4, 0.5) is 0 Å². The van der Waals surface area contributed by atoms with E-state index < -0.39 is 0 Å². The van der Waals surface area contributed by atoms with Gasteiger partial charge in [-0.25, -0.2) is 0 Å². The van der Waals surface area contributed by atoms with E-state index in [2.05, 4.69) is 23.9 Å². The zero-order valence-electron chi connectivity index (χ0n) is 8.16. The molecule has 1 N–H and O–H groups in total. The summed E-state index contributed by atoms with van der Waals surface area (Å²) in [5.74, 6) is 0. The van der Waals surface area contributed by atoms with Crippen molar-refractivity contribution in [2.24, 2.45) is 0 Å². The zero-order chi connectivity index (χ0) is 8.97. The van der Waals surface area contributed by atoms with Crippen molar-refractivity contribution in [3.05, 3.63) is 0 Å². The highest BCUT2D eigenvalue weighted by atomic mass is 16.2. The Morgan fingerprint density at radius 1 is 1.33 bits per heavy atom. The first kappa shape index (κ1) is 9.96. The average Bonchev–Trinajstić information content (AvgIpc) is 2.07. The number of hydrogen-bond acceptors (Lipinski definition) is 3. The van der Waals surface area contributed by atoms with E-state index in [0.717, 1.165) is 25.9 Å². The first-order valence-corrected chi connectivity index (χ1v) is 4.73. The van der Waals surface area contributed by atoms with Crippen molar-refractivity contribution < 1.29 is 5.11 Å². The highest BCUT2D eigenvalue weighted by Gasteiger charge is 2.20. The molecule has 0 radical (unpaired) electrons. The minimum Gasteiger partial charge on any atom is -0.396 e. The summed E-state index contributed by atoms with van der Waals surface area (Å²) in [4.78, 5) is 4.76. The number of aliphatic hydroxyl groups is 1. The molecular formula is C9H20N2O. The maximum Gasteiger partial charge on any atom is 0.0431 e. The average molecular weight is 172 g/mol. The second-order valence-electron chi connectivity index (χ2n) is 3.76. The normalized spacial score (nSPS) is 27.8. The molecule has 0 saturated carbocycles. The number of likely N-dealkylation sites (N-methyl/N-ethyl adjacent to an activating group) is 2. The molecule has 1 atom stereocenters. The lowest BCUT2D eigenvalue weighted by atomic mass is 10.1. The molecule has 1 rings (SSSR count). The van der Waals surface area contributed by atoms with Gasteiger partial charge in [-0.15, -0.1) is 0 Å². The van der Waals surface area contributed by atoms with Crippen molar-refractivity contribution in [3.8, 4) is 0 Å². The van der Waals surface area contributed by atoms with E-state index in [1.165, 1.54) is 6.54 Å². The Morgan fingerprint density at radius 2 is 2.08 bits per heavy atom. The molecule has 0 spiro atoms. The minimum atomic E-state index is 0.327. The molecule has 1 fully saturated rings. The molecule has 1 heterocycles. The Morgan fingerprint density at radius 3 is 2.75 bits per heavy atom. The Hall–Kier alpha value is -0.120. The predicted molar refractivity (Wildman–Crippen MR) is 50.2 cm³/mol. The molecule has 3 nitrogen and oxygen atoms in total. The molecule has 12 heavy (non-hydrogen) atoms. The maximum atomic E-state index is 8.72. The second kappa shape index (κ2) is 4.80. The molecule has 0 amide bonds. The van der Waals surface area contributed by atoms with Gasteiger partial charge < -0.3 is 14.9 Å². The van der Waals surface area contributed by atoms with Crippen LogP contribution in [0.25, 0.3) is 0 Å². The van der Waals surface area contributed by atoms with Crippen molar-refractivity contribution in [2.75, 3.05) is 40.3 Å². The lowest BCUT2D eigenvalue weighted by Crippen LogP contribution is -2.49. The van der Waals surface area contributed by atoms with E-state index in [0.29, 0.717) is 12.6 Å². The van der Waals surface area contributed by atoms with Gasteiger partial charge in [-0.1, -0.05) is 0 Å².